The van der Waals surface area contributed by atoms with Gasteiger partial charge in [0.25, 0.3) is 0 Å². The van der Waals surface area contributed by atoms with E-state index in [2.05, 4.69) is 79.2 Å². The number of benzene rings is 2. The highest BCUT2D eigenvalue weighted by Gasteiger charge is 2.39. The Balaban J connectivity index is 0.000000471. The third-order valence-corrected chi connectivity index (χ3v) is 7.02. The van der Waals surface area contributed by atoms with Crippen molar-refractivity contribution in [1.29, 1.82) is 0 Å². The van der Waals surface area contributed by atoms with Gasteiger partial charge in [0.05, 0.1) is 0 Å². The summed E-state index contributed by atoms with van der Waals surface area (Å²) in [5.74, 6) is 0.577. The monoisotopic (exact) mass is 488 g/mol. The Hall–Kier alpha value is -2.08. The van der Waals surface area contributed by atoms with Crippen LogP contribution in [-0.2, 0) is 9.98 Å². The first-order valence-electron chi connectivity index (χ1n) is 11.1. The Labute approximate surface area is 200 Å². The molecule has 5 rings (SSSR count). The Morgan fingerprint density at radius 2 is 1.85 bits per heavy atom. The predicted molar refractivity (Wildman–Crippen MR) is 134 cm³/mol. The van der Waals surface area contributed by atoms with E-state index in [1.165, 1.54) is 53.2 Å². The maximum Gasteiger partial charge on any atom is 0.466 e. The third-order valence-electron chi connectivity index (χ3n) is 6.78. The van der Waals surface area contributed by atoms with Gasteiger partial charge in [0, 0.05) is 52.7 Å². The molecule has 0 aromatic heterocycles. The lowest BCUT2D eigenvalue weighted by atomic mass is 9.83. The molecule has 33 heavy (non-hydrogen) atoms. The molecule has 0 spiro atoms. The number of likely N-dealkylation sites (N-methyl/N-ethyl adjacent to an activating group) is 1. The van der Waals surface area contributed by atoms with Crippen LogP contribution in [0.3, 0.4) is 0 Å². The van der Waals surface area contributed by atoms with Crippen molar-refractivity contribution >= 4 is 30.8 Å². The molecule has 1 atom stereocenters. The topological polar surface area (TPSA) is 84.2 Å². The fourth-order valence-corrected chi connectivity index (χ4v) is 5.58. The first-order chi connectivity index (χ1) is 15.5. The van der Waals surface area contributed by atoms with E-state index in [-0.39, 0.29) is 5.41 Å². The lowest BCUT2D eigenvalue weighted by molar-refractivity contribution is 0.275. The number of hydrogen-bond donors (Lipinski definition) is 3. The van der Waals surface area contributed by atoms with Crippen molar-refractivity contribution in [3.8, 4) is 0 Å². The summed E-state index contributed by atoms with van der Waals surface area (Å²) in [6.07, 6.45) is 8.64. The summed E-state index contributed by atoms with van der Waals surface area (Å²) >= 11 is 6.31. The molecular weight excluding hydrogens is 459 g/mol. The van der Waals surface area contributed by atoms with Crippen molar-refractivity contribution in [2.75, 3.05) is 23.4 Å². The standard InChI is InChI=1S/C25H27ClN2.H3O4P/c1-25(2)20-16-17(26)12-13-23(20)27(3)24(25)14-15-28-21-10-6-4-8-18(21)19-9-5-7-11-22(19)28;1-5(2,3)4/h4,6,8,10-14,16,19H,5,7,9,15H2,1-3H3;(H3,1,2,3,4)/b24-14-;. The van der Waals surface area contributed by atoms with Gasteiger partial charge in [0.1, 0.15) is 0 Å². The molecule has 2 aromatic rings. The third kappa shape index (κ3) is 4.77. The van der Waals surface area contributed by atoms with Crippen molar-refractivity contribution < 1.29 is 19.2 Å². The second-order valence-electron chi connectivity index (χ2n) is 9.23. The normalized spacial score (nSPS) is 21.7. The lowest BCUT2D eigenvalue weighted by Crippen LogP contribution is -2.27. The van der Waals surface area contributed by atoms with Crippen LogP contribution >= 0.6 is 19.4 Å². The van der Waals surface area contributed by atoms with Crippen molar-refractivity contribution in [2.45, 2.75) is 44.4 Å². The van der Waals surface area contributed by atoms with Gasteiger partial charge < -0.3 is 24.5 Å². The molecule has 6 nitrogen and oxygen atoms in total. The molecule has 0 amide bonds. The summed E-state index contributed by atoms with van der Waals surface area (Å²) in [6, 6.07) is 15.2. The summed E-state index contributed by atoms with van der Waals surface area (Å²) in [7, 11) is -2.46. The van der Waals surface area contributed by atoms with E-state index < -0.39 is 7.82 Å². The predicted octanol–water partition coefficient (Wildman–Crippen LogP) is 5.69. The number of allylic oxidation sites excluding steroid dienone is 3. The zero-order chi connectivity index (χ0) is 24.0. The van der Waals surface area contributed by atoms with E-state index in [0.29, 0.717) is 5.92 Å². The maximum absolute atomic E-state index is 8.88. The highest BCUT2D eigenvalue weighted by molar-refractivity contribution is 7.45. The molecule has 1 aliphatic carbocycles. The summed E-state index contributed by atoms with van der Waals surface area (Å²) < 4.78 is 8.88. The molecule has 0 fully saturated rings. The molecule has 0 saturated heterocycles. The number of halogens is 1. The quantitative estimate of drug-likeness (QED) is 0.471. The first-order valence-corrected chi connectivity index (χ1v) is 13.0. The SMILES string of the molecule is CN1/C(=C\CN2C3=CCCCC3c3ccccc32)C(C)(C)c2cc(Cl)ccc21.O=P(O)(O)O. The molecule has 8 heteroatoms. The molecule has 3 N–H and O–H groups in total. The van der Waals surface area contributed by atoms with E-state index in [9.17, 15) is 0 Å². The number of fused-ring (bicyclic) bond motifs is 4. The fraction of sp³-hybridized carbons (Fsp3) is 0.360. The molecule has 1 unspecified atom stereocenters. The summed E-state index contributed by atoms with van der Waals surface area (Å²) in [5.41, 5.74) is 8.26. The van der Waals surface area contributed by atoms with Crippen LogP contribution in [0, 0.1) is 0 Å². The van der Waals surface area contributed by atoms with Crippen molar-refractivity contribution in [2.24, 2.45) is 0 Å². The van der Waals surface area contributed by atoms with Gasteiger partial charge in [-0.15, -0.1) is 0 Å². The van der Waals surface area contributed by atoms with Crippen LogP contribution in [0.1, 0.15) is 50.2 Å². The van der Waals surface area contributed by atoms with E-state index in [0.717, 1.165) is 11.6 Å². The Morgan fingerprint density at radius 3 is 2.58 bits per heavy atom. The summed E-state index contributed by atoms with van der Waals surface area (Å²) in [6.45, 7) is 5.51. The average Bonchev–Trinajstić information content (AvgIpc) is 3.15. The van der Waals surface area contributed by atoms with Gasteiger partial charge in [-0.1, -0.05) is 49.7 Å². The van der Waals surface area contributed by atoms with Crippen LogP contribution in [0.15, 0.2) is 66.0 Å². The van der Waals surface area contributed by atoms with Crippen LogP contribution in [0.5, 0.6) is 0 Å². The summed E-state index contributed by atoms with van der Waals surface area (Å²) in [5, 5.41) is 0.810. The zero-order valence-corrected chi connectivity index (χ0v) is 20.7. The Bertz CT molecular complexity index is 1160. The minimum atomic E-state index is -4.64. The maximum atomic E-state index is 8.88. The highest BCUT2D eigenvalue weighted by Crippen LogP contribution is 2.50. The molecule has 2 aromatic carbocycles. The Kier molecular flexibility index (Phi) is 6.51. The van der Waals surface area contributed by atoms with E-state index in [4.69, 9.17) is 30.8 Å². The van der Waals surface area contributed by atoms with Gasteiger partial charge in [-0.05, 0) is 60.7 Å². The number of nitrogens with zero attached hydrogens (tertiary/aromatic N) is 2. The minimum absolute atomic E-state index is 0.0471. The van der Waals surface area contributed by atoms with Crippen molar-refractivity contribution in [1.82, 2.24) is 0 Å². The number of rotatable bonds is 2. The summed E-state index contributed by atoms with van der Waals surface area (Å²) in [4.78, 5) is 26.4. The number of para-hydroxylation sites is 1. The number of hydrogen-bond acceptors (Lipinski definition) is 3. The van der Waals surface area contributed by atoms with Gasteiger partial charge in [0.15, 0.2) is 0 Å². The minimum Gasteiger partial charge on any atom is -0.347 e. The van der Waals surface area contributed by atoms with Crippen molar-refractivity contribution in [3.63, 3.8) is 0 Å². The van der Waals surface area contributed by atoms with Gasteiger partial charge in [-0.25, -0.2) is 4.57 Å². The zero-order valence-electron chi connectivity index (χ0n) is 19.1. The van der Waals surface area contributed by atoms with E-state index in [1.54, 1.807) is 0 Å². The van der Waals surface area contributed by atoms with Crippen LogP contribution in [0.25, 0.3) is 0 Å². The van der Waals surface area contributed by atoms with Crippen LogP contribution in [-0.4, -0.2) is 28.3 Å². The van der Waals surface area contributed by atoms with Gasteiger partial charge in [-0.3, -0.25) is 0 Å². The smallest absolute Gasteiger partial charge is 0.347 e. The second kappa shape index (κ2) is 8.94. The van der Waals surface area contributed by atoms with Gasteiger partial charge in [0.2, 0.25) is 0 Å². The molecule has 0 saturated carbocycles. The second-order valence-corrected chi connectivity index (χ2v) is 10.7. The van der Waals surface area contributed by atoms with Gasteiger partial charge in [-0.2, -0.15) is 0 Å². The largest absolute Gasteiger partial charge is 0.466 e. The lowest BCUT2D eigenvalue weighted by Gasteiger charge is -2.28. The van der Waals surface area contributed by atoms with Crippen LogP contribution in [0.4, 0.5) is 11.4 Å². The van der Waals surface area contributed by atoms with Crippen molar-refractivity contribution in [3.05, 3.63) is 82.2 Å². The van der Waals surface area contributed by atoms with Crippen LogP contribution < -0.4 is 9.80 Å². The number of anilines is 2. The first kappa shape index (κ1) is 24.1. The number of phosphoric acid groups is 1. The molecular formula is C25H30ClN2O4P. The van der Waals surface area contributed by atoms with Crippen LogP contribution in [0.2, 0.25) is 5.02 Å². The molecule has 2 aliphatic heterocycles. The molecule has 176 valence electrons. The van der Waals surface area contributed by atoms with E-state index in [1.807, 2.05) is 6.07 Å². The molecule has 2 heterocycles. The van der Waals surface area contributed by atoms with Gasteiger partial charge >= 0.3 is 7.82 Å². The molecule has 0 radical (unpaired) electrons. The fourth-order valence-electron chi connectivity index (χ4n) is 5.40. The highest BCUT2D eigenvalue weighted by atomic mass is 35.5. The Morgan fingerprint density at radius 1 is 1.15 bits per heavy atom. The molecule has 0 bridgehead atoms. The van der Waals surface area contributed by atoms with E-state index >= 15 is 0 Å². The molecule has 3 aliphatic rings. The average molecular weight is 489 g/mol.